The molecule has 0 saturated carbocycles. The molecule has 10 heteroatoms. The molecule has 0 bridgehead atoms. The van der Waals surface area contributed by atoms with Crippen LogP contribution in [-0.2, 0) is 13.1 Å². The highest BCUT2D eigenvalue weighted by molar-refractivity contribution is 6.33. The number of piperidine rings is 1. The second-order valence-corrected chi connectivity index (χ2v) is 8.33. The highest BCUT2D eigenvalue weighted by Crippen LogP contribution is 2.18. The van der Waals surface area contributed by atoms with Crippen LogP contribution in [0.15, 0.2) is 52.1 Å². The molecule has 2 aromatic carbocycles. The topological polar surface area (TPSA) is 73.3 Å². The molecule has 33 heavy (non-hydrogen) atoms. The van der Waals surface area contributed by atoms with Crippen LogP contribution in [0.2, 0.25) is 0 Å². The minimum absolute atomic E-state index is 0.0532. The van der Waals surface area contributed by atoms with Crippen molar-refractivity contribution in [3.8, 4) is 0 Å². The second-order valence-electron chi connectivity index (χ2n) is 8.33. The normalized spacial score (nSPS) is 16.2. The van der Waals surface area contributed by atoms with Gasteiger partial charge in [0.2, 0.25) is 0 Å². The molecule has 1 aliphatic heterocycles. The van der Waals surface area contributed by atoms with E-state index in [4.69, 9.17) is 21.4 Å². The van der Waals surface area contributed by atoms with Gasteiger partial charge in [-0.25, -0.2) is 13.6 Å². The molecule has 4 rings (SSSR count). The Bertz CT molecular complexity index is 1310. The molecule has 3 aromatic rings. The third kappa shape index (κ3) is 4.95. The van der Waals surface area contributed by atoms with Crippen molar-refractivity contribution < 1.29 is 8.78 Å². The molecule has 4 radical (unpaired) electrons. The maximum absolute atomic E-state index is 13.9. The zero-order valence-electron chi connectivity index (χ0n) is 18.0. The van der Waals surface area contributed by atoms with Crippen molar-refractivity contribution in [2.45, 2.75) is 32.0 Å². The summed E-state index contributed by atoms with van der Waals surface area (Å²) in [6.07, 6.45) is 1.65. The zero-order chi connectivity index (χ0) is 23.7. The van der Waals surface area contributed by atoms with Crippen molar-refractivity contribution in [2.24, 2.45) is 5.73 Å². The average Bonchev–Trinajstić information content (AvgIpc) is 2.77. The molecule has 1 saturated heterocycles. The number of nitrogens with zero attached hydrogens (tertiary/aromatic N) is 3. The minimum Gasteiger partial charge on any atom is -0.356 e. The van der Waals surface area contributed by atoms with Gasteiger partial charge < -0.3 is 10.6 Å². The maximum atomic E-state index is 13.9. The summed E-state index contributed by atoms with van der Waals surface area (Å²) in [4.78, 5) is 28.4. The van der Waals surface area contributed by atoms with Crippen LogP contribution in [0, 0.1) is 11.6 Å². The first-order valence-corrected chi connectivity index (χ1v) is 10.7. The lowest BCUT2D eigenvalue weighted by Crippen LogP contribution is -2.48. The molecule has 0 amide bonds. The summed E-state index contributed by atoms with van der Waals surface area (Å²) >= 11 is 0. The molecule has 6 nitrogen and oxygen atoms in total. The minimum atomic E-state index is -0.635. The number of nitrogens with two attached hydrogens (primary N) is 1. The number of anilines is 1. The molecule has 166 valence electrons. The Labute approximate surface area is 192 Å². The molecule has 0 spiro atoms. The summed E-state index contributed by atoms with van der Waals surface area (Å²) in [5, 5.41) is 0. The zero-order valence-corrected chi connectivity index (χ0v) is 18.0. The van der Waals surface area contributed by atoms with Gasteiger partial charge in [0.05, 0.1) is 13.1 Å². The van der Waals surface area contributed by atoms with Gasteiger partial charge in [0.15, 0.2) is 0 Å². The van der Waals surface area contributed by atoms with Crippen LogP contribution in [0.25, 0.3) is 0 Å². The van der Waals surface area contributed by atoms with Gasteiger partial charge in [0.25, 0.3) is 5.56 Å². The molecule has 1 aromatic heterocycles. The van der Waals surface area contributed by atoms with Crippen LogP contribution in [0.4, 0.5) is 14.6 Å². The Kier molecular flexibility index (Phi) is 6.56. The largest absolute Gasteiger partial charge is 0.356 e. The Morgan fingerprint density at radius 2 is 1.48 bits per heavy atom. The van der Waals surface area contributed by atoms with E-state index >= 15 is 0 Å². The van der Waals surface area contributed by atoms with Crippen LogP contribution in [0.5, 0.6) is 0 Å². The highest BCUT2D eigenvalue weighted by Gasteiger charge is 2.23. The number of hydrogen-bond donors (Lipinski definition) is 1. The van der Waals surface area contributed by atoms with Crippen molar-refractivity contribution in [1.82, 2.24) is 9.13 Å². The summed E-state index contributed by atoms with van der Waals surface area (Å²) in [7, 11) is 12.0. The van der Waals surface area contributed by atoms with Crippen LogP contribution >= 0.6 is 0 Å². The van der Waals surface area contributed by atoms with Crippen LogP contribution < -0.4 is 32.8 Å². The highest BCUT2D eigenvalue weighted by atomic mass is 19.1. The number of benzene rings is 2. The van der Waals surface area contributed by atoms with Crippen molar-refractivity contribution in [2.75, 3.05) is 18.0 Å². The van der Waals surface area contributed by atoms with E-state index in [9.17, 15) is 18.4 Å². The van der Waals surface area contributed by atoms with E-state index in [0.29, 0.717) is 35.5 Å². The summed E-state index contributed by atoms with van der Waals surface area (Å²) in [6.45, 7) is 0.826. The van der Waals surface area contributed by atoms with Crippen LogP contribution in [-0.4, -0.2) is 44.0 Å². The standard InChI is InChI=1S/C23H22B2F2N4O2/c24-19-5-3-16(26)8-14(19)11-30-21(29-7-1-2-18(28)13-29)10-22(32)31(23(30)33)12-15-9-17(27)4-6-20(15)25/h3-6,8-10,18H,1-2,7,11-13,28H2/t18-/m1/s1. The molecular formula is C23H22B2F2N4O2. The third-order valence-electron chi connectivity index (χ3n) is 5.91. The first-order chi connectivity index (χ1) is 15.7. The summed E-state index contributed by atoms with van der Waals surface area (Å²) in [6, 6.07) is 8.94. The maximum Gasteiger partial charge on any atom is 0.333 e. The van der Waals surface area contributed by atoms with Gasteiger partial charge in [-0.1, -0.05) is 23.1 Å². The molecule has 1 fully saturated rings. The van der Waals surface area contributed by atoms with Gasteiger partial charge in [0, 0.05) is 25.2 Å². The van der Waals surface area contributed by atoms with E-state index in [1.807, 2.05) is 4.90 Å². The smallest absolute Gasteiger partial charge is 0.333 e. The summed E-state index contributed by atoms with van der Waals surface area (Å²) in [5.41, 5.74) is 6.21. The lowest BCUT2D eigenvalue weighted by Gasteiger charge is -2.34. The van der Waals surface area contributed by atoms with E-state index in [0.717, 1.165) is 17.4 Å². The third-order valence-corrected chi connectivity index (χ3v) is 5.91. The predicted octanol–water partition coefficient (Wildman–Crippen LogP) is -0.100. The fourth-order valence-corrected chi connectivity index (χ4v) is 4.14. The number of halogens is 2. The summed E-state index contributed by atoms with van der Waals surface area (Å²) < 4.78 is 30.0. The molecule has 0 unspecified atom stereocenters. The van der Waals surface area contributed by atoms with E-state index in [1.54, 1.807) is 0 Å². The average molecular weight is 446 g/mol. The van der Waals surface area contributed by atoms with E-state index in [2.05, 4.69) is 0 Å². The molecule has 0 aliphatic carbocycles. The van der Waals surface area contributed by atoms with E-state index in [-0.39, 0.29) is 24.6 Å². The monoisotopic (exact) mass is 446 g/mol. The number of rotatable bonds is 5. The fraction of sp³-hybridized carbons (Fsp3) is 0.304. The molecule has 2 heterocycles. The van der Waals surface area contributed by atoms with E-state index in [1.165, 1.54) is 47.0 Å². The summed E-state index contributed by atoms with van der Waals surface area (Å²) in [5.74, 6) is -0.638. The Balaban J connectivity index is 1.85. The lowest BCUT2D eigenvalue weighted by atomic mass is 9.90. The van der Waals surface area contributed by atoms with Crippen LogP contribution in [0.1, 0.15) is 24.0 Å². The van der Waals surface area contributed by atoms with E-state index < -0.39 is 22.9 Å². The van der Waals surface area contributed by atoms with Crippen molar-refractivity contribution in [3.05, 3.63) is 86.1 Å². The van der Waals surface area contributed by atoms with Gasteiger partial charge in [0.1, 0.15) is 33.1 Å². The Hall–Kier alpha value is -3.13. The first kappa shape index (κ1) is 23.0. The van der Waals surface area contributed by atoms with Gasteiger partial charge in [-0.05, 0) is 48.2 Å². The molecule has 1 aliphatic rings. The van der Waals surface area contributed by atoms with Crippen LogP contribution in [0.3, 0.4) is 0 Å². The van der Waals surface area contributed by atoms with Gasteiger partial charge >= 0.3 is 5.69 Å². The fourth-order valence-electron chi connectivity index (χ4n) is 4.14. The molecule has 1 atom stereocenters. The SMILES string of the molecule is [B]c1ccc(F)cc1Cn1c(N2CCC[C@@H](N)C2)cc(=O)n(Cc2cc(F)ccc2[B])c1=O. The van der Waals surface area contributed by atoms with Gasteiger partial charge in [-0.15, -0.1) is 0 Å². The quantitative estimate of drug-likeness (QED) is 0.556. The molecule has 2 N–H and O–H groups in total. The second kappa shape index (κ2) is 9.39. The molecular weight excluding hydrogens is 424 g/mol. The van der Waals surface area contributed by atoms with Gasteiger partial charge in [-0.3, -0.25) is 13.9 Å². The predicted molar refractivity (Wildman–Crippen MR) is 126 cm³/mol. The first-order valence-electron chi connectivity index (χ1n) is 10.7. The number of aromatic nitrogens is 2. The Morgan fingerprint density at radius 1 is 0.909 bits per heavy atom. The van der Waals surface area contributed by atoms with Crippen molar-refractivity contribution >= 4 is 32.4 Å². The van der Waals surface area contributed by atoms with Crippen molar-refractivity contribution in [3.63, 3.8) is 0 Å². The number of hydrogen-bond acceptors (Lipinski definition) is 4. The Morgan fingerprint density at radius 3 is 2.06 bits per heavy atom. The lowest BCUT2D eigenvalue weighted by molar-refractivity contribution is 0.490. The van der Waals surface area contributed by atoms with Gasteiger partial charge in [-0.2, -0.15) is 0 Å². The van der Waals surface area contributed by atoms with Crippen molar-refractivity contribution in [1.29, 1.82) is 0 Å².